The molecule has 2 aromatic carbocycles. The zero-order valence-corrected chi connectivity index (χ0v) is 17.3. The molecule has 0 aliphatic carbocycles. The summed E-state index contributed by atoms with van der Waals surface area (Å²) < 4.78 is 16.8. The van der Waals surface area contributed by atoms with Gasteiger partial charge in [0.2, 0.25) is 5.82 Å². The van der Waals surface area contributed by atoms with Crippen LogP contribution >= 0.6 is 0 Å². The number of hydrogen-bond donors (Lipinski definition) is 4. The summed E-state index contributed by atoms with van der Waals surface area (Å²) in [6, 6.07) is 12.7. The molecule has 0 saturated heterocycles. The van der Waals surface area contributed by atoms with E-state index in [0.29, 0.717) is 29.7 Å². The number of aliphatic hydroxyl groups excluding tert-OH is 2. The first-order chi connectivity index (χ1) is 15.0. The summed E-state index contributed by atoms with van der Waals surface area (Å²) in [6.07, 6.45) is 0. The zero-order valence-electron chi connectivity index (χ0n) is 17.3. The molecule has 4 rings (SSSR count). The van der Waals surface area contributed by atoms with E-state index in [4.69, 9.17) is 19.4 Å². The van der Waals surface area contributed by atoms with E-state index in [1.165, 1.54) is 0 Å². The largest absolute Gasteiger partial charge is 0.492 e. The van der Waals surface area contributed by atoms with Crippen molar-refractivity contribution >= 4 is 16.7 Å². The number of nitrogens with one attached hydrogen (secondary N) is 1. The Bertz CT molecular complexity index is 1200. The highest BCUT2D eigenvalue weighted by Gasteiger charge is 2.30. The van der Waals surface area contributed by atoms with Gasteiger partial charge in [-0.15, -0.1) is 0 Å². The molecule has 31 heavy (non-hydrogen) atoms. The lowest BCUT2D eigenvalue weighted by molar-refractivity contribution is 0.105. The maximum absolute atomic E-state index is 9.50. The van der Waals surface area contributed by atoms with Crippen molar-refractivity contribution in [2.75, 3.05) is 32.2 Å². The topological polar surface area (TPSA) is 140 Å². The Morgan fingerprint density at radius 2 is 1.87 bits per heavy atom. The SMILES string of the molecule is CCOc1ccc(-c2nc(-c3ccc4oc(C(N)(CO)CO)cc4c3)no2)cc1NC. The van der Waals surface area contributed by atoms with Crippen LogP contribution in [-0.4, -0.2) is 47.2 Å². The smallest absolute Gasteiger partial charge is 0.258 e. The molecule has 4 aromatic rings. The highest BCUT2D eigenvalue weighted by molar-refractivity contribution is 5.83. The van der Waals surface area contributed by atoms with Gasteiger partial charge in [-0.2, -0.15) is 4.98 Å². The summed E-state index contributed by atoms with van der Waals surface area (Å²) in [7, 11) is 1.82. The maximum Gasteiger partial charge on any atom is 0.258 e. The highest BCUT2D eigenvalue weighted by atomic mass is 16.5. The fraction of sp³-hybridized carbons (Fsp3) is 0.273. The number of nitrogens with two attached hydrogens (primary N) is 1. The van der Waals surface area contributed by atoms with E-state index in [1.807, 2.05) is 38.2 Å². The van der Waals surface area contributed by atoms with Gasteiger partial charge in [0.05, 0.1) is 25.5 Å². The van der Waals surface area contributed by atoms with Crippen molar-refractivity contribution in [2.24, 2.45) is 5.73 Å². The molecule has 5 N–H and O–H groups in total. The van der Waals surface area contributed by atoms with Gasteiger partial charge in [0.25, 0.3) is 5.89 Å². The summed E-state index contributed by atoms with van der Waals surface area (Å²) >= 11 is 0. The zero-order chi connectivity index (χ0) is 22.0. The van der Waals surface area contributed by atoms with Gasteiger partial charge >= 0.3 is 0 Å². The van der Waals surface area contributed by atoms with Gasteiger partial charge in [0, 0.05) is 23.6 Å². The molecular formula is C22H24N4O5. The quantitative estimate of drug-likeness (QED) is 0.336. The Hall–Kier alpha value is -3.40. The van der Waals surface area contributed by atoms with E-state index in [0.717, 1.165) is 28.0 Å². The molecule has 0 atom stereocenters. The van der Waals surface area contributed by atoms with E-state index in [-0.39, 0.29) is 0 Å². The minimum atomic E-state index is -1.35. The second-order valence-electron chi connectivity index (χ2n) is 7.15. The first-order valence-corrected chi connectivity index (χ1v) is 9.85. The molecule has 0 aliphatic rings. The third kappa shape index (κ3) is 3.86. The predicted molar refractivity (Wildman–Crippen MR) is 116 cm³/mol. The molecule has 0 amide bonds. The molecule has 2 aromatic heterocycles. The lowest BCUT2D eigenvalue weighted by Crippen LogP contribution is -2.43. The molecule has 0 bridgehead atoms. The number of ether oxygens (including phenoxy) is 1. The molecule has 0 aliphatic heterocycles. The van der Waals surface area contributed by atoms with Crippen molar-refractivity contribution < 1.29 is 23.9 Å². The van der Waals surface area contributed by atoms with Crippen molar-refractivity contribution in [1.29, 1.82) is 0 Å². The number of aliphatic hydroxyl groups is 2. The third-order valence-corrected chi connectivity index (χ3v) is 5.05. The number of nitrogens with zero attached hydrogens (tertiary/aromatic N) is 2. The predicted octanol–water partition coefficient (Wildman–Crippen LogP) is 2.73. The molecular weight excluding hydrogens is 400 g/mol. The lowest BCUT2D eigenvalue weighted by Gasteiger charge is -2.21. The van der Waals surface area contributed by atoms with E-state index >= 15 is 0 Å². The van der Waals surface area contributed by atoms with Gasteiger partial charge in [-0.3, -0.25) is 0 Å². The normalized spacial score (nSPS) is 11.8. The lowest BCUT2D eigenvalue weighted by atomic mass is 10.00. The van der Waals surface area contributed by atoms with Crippen LogP contribution in [0.25, 0.3) is 33.8 Å². The number of benzene rings is 2. The summed E-state index contributed by atoms with van der Waals surface area (Å²) in [5, 5.41) is 26.9. The minimum Gasteiger partial charge on any atom is -0.492 e. The molecule has 0 radical (unpaired) electrons. The Kier molecular flexibility index (Phi) is 5.64. The van der Waals surface area contributed by atoms with Crippen molar-refractivity contribution in [3.63, 3.8) is 0 Å². The maximum atomic E-state index is 9.50. The Morgan fingerprint density at radius 3 is 2.58 bits per heavy atom. The second-order valence-corrected chi connectivity index (χ2v) is 7.15. The number of anilines is 1. The van der Waals surface area contributed by atoms with Crippen molar-refractivity contribution in [2.45, 2.75) is 12.5 Å². The first-order valence-electron chi connectivity index (χ1n) is 9.85. The fourth-order valence-corrected chi connectivity index (χ4v) is 3.23. The average molecular weight is 424 g/mol. The van der Waals surface area contributed by atoms with Crippen LogP contribution in [0.5, 0.6) is 5.75 Å². The van der Waals surface area contributed by atoms with Crippen LogP contribution in [0.1, 0.15) is 12.7 Å². The van der Waals surface area contributed by atoms with Gasteiger partial charge < -0.3 is 34.9 Å². The van der Waals surface area contributed by atoms with Crippen LogP contribution in [0.4, 0.5) is 5.69 Å². The van der Waals surface area contributed by atoms with E-state index in [2.05, 4.69) is 15.5 Å². The molecule has 0 spiro atoms. The van der Waals surface area contributed by atoms with Crippen LogP contribution in [0.2, 0.25) is 0 Å². The molecule has 2 heterocycles. The van der Waals surface area contributed by atoms with E-state index < -0.39 is 18.8 Å². The Balaban J connectivity index is 1.66. The molecule has 0 unspecified atom stereocenters. The summed E-state index contributed by atoms with van der Waals surface area (Å²) in [5.74, 6) is 1.84. The van der Waals surface area contributed by atoms with Gasteiger partial charge in [-0.25, -0.2) is 0 Å². The standard InChI is InChI=1S/C22H24N4O5/c1-3-29-18-7-5-14(9-16(18)24-2)21-25-20(26-31-21)13-4-6-17-15(8-13)10-19(30-17)22(23,11-27)12-28/h4-10,24,27-28H,3,11-12,23H2,1-2H3. The van der Waals surface area contributed by atoms with Crippen LogP contribution < -0.4 is 15.8 Å². The minimum absolute atomic E-state index is 0.299. The molecule has 9 nitrogen and oxygen atoms in total. The molecule has 9 heteroatoms. The van der Waals surface area contributed by atoms with Gasteiger partial charge in [-0.1, -0.05) is 5.16 Å². The highest BCUT2D eigenvalue weighted by Crippen LogP contribution is 2.32. The van der Waals surface area contributed by atoms with Gasteiger partial charge in [0.15, 0.2) is 0 Å². The fourth-order valence-electron chi connectivity index (χ4n) is 3.23. The van der Waals surface area contributed by atoms with Gasteiger partial charge in [0.1, 0.15) is 22.6 Å². The van der Waals surface area contributed by atoms with Crippen molar-refractivity contribution in [3.8, 4) is 28.6 Å². The summed E-state index contributed by atoms with van der Waals surface area (Å²) in [4.78, 5) is 4.51. The first kappa shape index (κ1) is 20.9. The average Bonchev–Trinajstić information content (AvgIpc) is 3.46. The van der Waals surface area contributed by atoms with E-state index in [1.54, 1.807) is 18.2 Å². The van der Waals surface area contributed by atoms with Crippen LogP contribution in [-0.2, 0) is 5.54 Å². The third-order valence-electron chi connectivity index (χ3n) is 5.05. The summed E-state index contributed by atoms with van der Waals surface area (Å²) in [6.45, 7) is 1.61. The number of aromatic nitrogens is 2. The molecule has 0 fully saturated rings. The number of rotatable bonds is 8. The number of furan rings is 1. The number of fused-ring (bicyclic) bond motifs is 1. The summed E-state index contributed by atoms with van der Waals surface area (Å²) in [5.41, 5.74) is 7.54. The van der Waals surface area contributed by atoms with Crippen LogP contribution in [0.3, 0.4) is 0 Å². The van der Waals surface area contributed by atoms with E-state index in [9.17, 15) is 10.2 Å². The monoisotopic (exact) mass is 424 g/mol. The second kappa shape index (κ2) is 8.38. The van der Waals surface area contributed by atoms with Gasteiger partial charge in [-0.05, 0) is 49.4 Å². The van der Waals surface area contributed by atoms with Crippen molar-refractivity contribution in [1.82, 2.24) is 10.1 Å². The van der Waals surface area contributed by atoms with Crippen molar-refractivity contribution in [3.05, 3.63) is 48.2 Å². The number of hydrogen-bond acceptors (Lipinski definition) is 9. The Labute approximate surface area is 178 Å². The molecule has 162 valence electrons. The molecule has 0 saturated carbocycles. The Morgan fingerprint density at radius 1 is 1.10 bits per heavy atom. The van der Waals surface area contributed by atoms with Crippen LogP contribution in [0.15, 0.2) is 51.4 Å². The van der Waals surface area contributed by atoms with Crippen LogP contribution in [0, 0.1) is 0 Å².